The van der Waals surface area contributed by atoms with E-state index in [1.54, 1.807) is 6.20 Å². The van der Waals surface area contributed by atoms with E-state index in [-0.39, 0.29) is 5.91 Å². The number of anilines is 2. The summed E-state index contributed by atoms with van der Waals surface area (Å²) < 4.78 is 4.13. The van der Waals surface area contributed by atoms with Crippen LogP contribution in [0.25, 0.3) is 0 Å². The van der Waals surface area contributed by atoms with Crippen LogP contribution in [0.1, 0.15) is 28.8 Å². The molecule has 1 saturated carbocycles. The lowest BCUT2D eigenvalue weighted by Crippen LogP contribution is -2.28. The molecule has 7 heteroatoms. The van der Waals surface area contributed by atoms with Gasteiger partial charge in [0.05, 0.1) is 0 Å². The number of nitrogens with zero attached hydrogens (tertiary/aromatic N) is 3. The summed E-state index contributed by atoms with van der Waals surface area (Å²) in [6.45, 7) is 0.652. The van der Waals surface area contributed by atoms with Gasteiger partial charge in [-0.1, -0.05) is 6.07 Å². The molecule has 0 aliphatic heterocycles. The Hall–Kier alpha value is -2.15. The first-order valence-corrected chi connectivity index (χ1v) is 7.58. The van der Waals surface area contributed by atoms with Gasteiger partial charge in [-0.05, 0) is 36.0 Å². The van der Waals surface area contributed by atoms with Gasteiger partial charge in [0.1, 0.15) is 10.6 Å². The second-order valence-corrected chi connectivity index (χ2v) is 5.96. The van der Waals surface area contributed by atoms with Crippen molar-refractivity contribution in [3.05, 3.63) is 35.7 Å². The van der Waals surface area contributed by atoms with Crippen LogP contribution in [0.15, 0.2) is 24.5 Å². The predicted molar refractivity (Wildman–Crippen MR) is 83.4 cm³/mol. The molecule has 0 atom stereocenters. The number of rotatable bonds is 5. The van der Waals surface area contributed by atoms with Crippen LogP contribution >= 0.6 is 11.5 Å². The maximum atomic E-state index is 12.3. The third kappa shape index (κ3) is 3.13. The second kappa shape index (κ2) is 5.69. The molecule has 2 heterocycles. The van der Waals surface area contributed by atoms with Crippen molar-refractivity contribution < 1.29 is 4.79 Å². The maximum absolute atomic E-state index is 12.3. The zero-order valence-electron chi connectivity index (χ0n) is 11.7. The minimum absolute atomic E-state index is 0.128. The fourth-order valence-electron chi connectivity index (χ4n) is 2.09. The lowest BCUT2D eigenvalue weighted by atomic mass is 10.2. The summed E-state index contributed by atoms with van der Waals surface area (Å²) in [5.41, 5.74) is 7.42. The Balaban J connectivity index is 1.79. The van der Waals surface area contributed by atoms with E-state index in [1.807, 2.05) is 30.3 Å². The number of amides is 1. The Morgan fingerprint density at radius 3 is 3.05 bits per heavy atom. The van der Waals surface area contributed by atoms with Gasteiger partial charge < -0.3 is 16.0 Å². The molecule has 0 aromatic carbocycles. The monoisotopic (exact) mass is 303 g/mol. The Morgan fingerprint density at radius 2 is 2.38 bits per heavy atom. The van der Waals surface area contributed by atoms with Gasteiger partial charge in [0, 0.05) is 32.0 Å². The van der Waals surface area contributed by atoms with Crippen molar-refractivity contribution in [3.8, 4) is 0 Å². The summed E-state index contributed by atoms with van der Waals surface area (Å²) in [7, 11) is 1.92. The van der Waals surface area contributed by atoms with E-state index in [4.69, 9.17) is 5.73 Å². The van der Waals surface area contributed by atoms with Gasteiger partial charge >= 0.3 is 0 Å². The van der Waals surface area contributed by atoms with Crippen molar-refractivity contribution in [2.45, 2.75) is 25.4 Å². The zero-order chi connectivity index (χ0) is 14.8. The summed E-state index contributed by atoms with van der Waals surface area (Å²) in [5.74, 6) is 0.169. The van der Waals surface area contributed by atoms with E-state index < -0.39 is 0 Å². The highest BCUT2D eigenvalue weighted by molar-refractivity contribution is 7.11. The minimum Gasteiger partial charge on any atom is -0.382 e. The van der Waals surface area contributed by atoms with Crippen molar-refractivity contribution in [3.63, 3.8) is 0 Å². The normalized spacial score (nSPS) is 14.0. The van der Waals surface area contributed by atoms with E-state index in [0.29, 0.717) is 24.0 Å². The van der Waals surface area contributed by atoms with Gasteiger partial charge in [-0.2, -0.15) is 4.37 Å². The molecule has 6 nitrogen and oxygen atoms in total. The second-order valence-electron chi connectivity index (χ2n) is 5.21. The smallest absolute Gasteiger partial charge is 0.258 e. The highest BCUT2D eigenvalue weighted by Gasteiger charge is 2.28. The molecular formula is C14H17N5OS. The van der Waals surface area contributed by atoms with E-state index in [1.165, 1.54) is 11.5 Å². The van der Waals surface area contributed by atoms with Crippen molar-refractivity contribution in [2.75, 3.05) is 17.7 Å². The van der Waals surface area contributed by atoms with Crippen molar-refractivity contribution in [2.24, 2.45) is 0 Å². The molecule has 0 saturated heterocycles. The van der Waals surface area contributed by atoms with Gasteiger partial charge in [-0.25, -0.2) is 0 Å². The molecule has 0 unspecified atom stereocenters. The molecule has 3 N–H and O–H groups in total. The fourth-order valence-corrected chi connectivity index (χ4v) is 2.86. The predicted octanol–water partition coefficient (Wildman–Crippen LogP) is 1.65. The van der Waals surface area contributed by atoms with Gasteiger partial charge in [0.15, 0.2) is 5.82 Å². The Bertz CT molecular complexity index is 638. The molecule has 1 aliphatic carbocycles. The fraction of sp³-hybridized carbons (Fsp3) is 0.357. The van der Waals surface area contributed by atoms with Crippen LogP contribution < -0.4 is 16.0 Å². The first-order valence-electron chi connectivity index (χ1n) is 6.81. The van der Waals surface area contributed by atoms with Crippen molar-refractivity contribution in [1.29, 1.82) is 0 Å². The third-order valence-electron chi connectivity index (χ3n) is 3.33. The number of carbonyl (C=O) groups is 1. The molecular weight excluding hydrogens is 286 g/mol. The third-order valence-corrected chi connectivity index (χ3v) is 4.31. The van der Waals surface area contributed by atoms with Gasteiger partial charge in [-0.15, -0.1) is 0 Å². The van der Waals surface area contributed by atoms with Crippen LogP contribution in [0, 0.1) is 0 Å². The van der Waals surface area contributed by atoms with Crippen LogP contribution in [0.4, 0.5) is 10.8 Å². The topological polar surface area (TPSA) is 84.1 Å². The number of nitrogens with two attached hydrogens (primary N) is 1. The first kappa shape index (κ1) is 13.8. The molecule has 1 fully saturated rings. The van der Waals surface area contributed by atoms with E-state index in [0.717, 1.165) is 23.4 Å². The van der Waals surface area contributed by atoms with Gasteiger partial charge in [0.25, 0.3) is 5.91 Å². The first-order chi connectivity index (χ1) is 10.1. The molecule has 3 rings (SSSR count). The van der Waals surface area contributed by atoms with Crippen LogP contribution in [0.3, 0.4) is 0 Å². The van der Waals surface area contributed by atoms with Crippen LogP contribution in [0.2, 0.25) is 0 Å². The Kier molecular flexibility index (Phi) is 3.74. The average molecular weight is 303 g/mol. The molecule has 21 heavy (non-hydrogen) atoms. The summed E-state index contributed by atoms with van der Waals surface area (Å²) >= 11 is 1.25. The number of nitrogens with one attached hydrogen (secondary N) is 1. The van der Waals surface area contributed by atoms with E-state index in [9.17, 15) is 4.79 Å². The van der Waals surface area contributed by atoms with Gasteiger partial charge in [0.2, 0.25) is 0 Å². The maximum Gasteiger partial charge on any atom is 0.258 e. The highest BCUT2D eigenvalue weighted by Crippen LogP contribution is 2.31. The van der Waals surface area contributed by atoms with Crippen LogP contribution in [-0.4, -0.2) is 28.4 Å². The Morgan fingerprint density at radius 1 is 1.57 bits per heavy atom. The average Bonchev–Trinajstić information content (AvgIpc) is 3.19. The largest absolute Gasteiger partial charge is 0.382 e. The summed E-state index contributed by atoms with van der Waals surface area (Å²) in [6, 6.07) is 4.19. The van der Waals surface area contributed by atoms with Crippen LogP contribution in [0.5, 0.6) is 0 Å². The van der Waals surface area contributed by atoms with Gasteiger partial charge in [-0.3, -0.25) is 9.78 Å². The number of hydrogen-bond donors (Lipinski definition) is 2. The van der Waals surface area contributed by atoms with Crippen molar-refractivity contribution in [1.82, 2.24) is 14.7 Å². The van der Waals surface area contributed by atoms with Crippen LogP contribution in [-0.2, 0) is 6.54 Å². The number of nitrogen functional groups attached to an aromatic ring is 1. The number of pyridine rings is 1. The SMILES string of the molecule is CN(Cc1cccnc1)c1snc(N)c1C(=O)NC1CC1. The van der Waals surface area contributed by atoms with E-state index in [2.05, 4.69) is 14.7 Å². The molecule has 2 aromatic rings. The lowest BCUT2D eigenvalue weighted by molar-refractivity contribution is 0.0952. The number of hydrogen-bond acceptors (Lipinski definition) is 6. The molecule has 1 aliphatic rings. The molecule has 2 aromatic heterocycles. The number of aromatic nitrogens is 2. The highest BCUT2D eigenvalue weighted by atomic mass is 32.1. The number of carbonyl (C=O) groups excluding carboxylic acids is 1. The zero-order valence-corrected chi connectivity index (χ0v) is 12.6. The molecule has 0 bridgehead atoms. The Labute approximate surface area is 127 Å². The quantitative estimate of drug-likeness (QED) is 0.877. The van der Waals surface area contributed by atoms with Crippen molar-refractivity contribution >= 4 is 28.3 Å². The van der Waals surface area contributed by atoms with E-state index >= 15 is 0 Å². The minimum atomic E-state index is -0.128. The summed E-state index contributed by atoms with van der Waals surface area (Å²) in [4.78, 5) is 18.4. The molecule has 0 spiro atoms. The molecule has 110 valence electrons. The lowest BCUT2D eigenvalue weighted by Gasteiger charge is -2.18. The summed E-state index contributed by atoms with van der Waals surface area (Å²) in [6.07, 6.45) is 5.64. The summed E-state index contributed by atoms with van der Waals surface area (Å²) in [5, 5.41) is 3.75. The molecule has 1 amide bonds. The standard InChI is InChI=1S/C14H17N5OS/c1-19(8-9-3-2-6-16-7-9)14-11(12(15)18-21-14)13(20)17-10-4-5-10/h2-3,6-7,10H,4-5,8H2,1H3,(H2,15,18)(H,17,20). The molecule has 0 radical (unpaired) electrons.